The normalized spacial score (nSPS) is 10.8. The number of benzene rings is 1. The van der Waals surface area contributed by atoms with Gasteiger partial charge in [0.2, 0.25) is 0 Å². The average molecular weight is 243 g/mol. The Kier molecular flexibility index (Phi) is 4.42. The number of nitrogens with zero attached hydrogens (tertiary/aromatic N) is 1. The number of hydrogen-bond donors (Lipinski definition) is 2. The second-order valence-electron chi connectivity index (χ2n) is 4.65. The lowest BCUT2D eigenvalue weighted by Gasteiger charge is -2.16. The Hall–Kier alpha value is -1.74. The van der Waals surface area contributed by atoms with Gasteiger partial charge >= 0.3 is 0 Å². The van der Waals surface area contributed by atoms with Crippen molar-refractivity contribution in [1.82, 2.24) is 9.88 Å². The number of likely N-dealkylation sites (N-methyl/N-ethyl adjacent to an activating group) is 1. The first-order valence-corrected chi connectivity index (χ1v) is 6.35. The third kappa shape index (κ3) is 3.64. The van der Waals surface area contributed by atoms with E-state index in [0.717, 1.165) is 25.2 Å². The summed E-state index contributed by atoms with van der Waals surface area (Å²) in [4.78, 5) is 5.44. The van der Waals surface area contributed by atoms with E-state index in [2.05, 4.69) is 58.8 Å². The van der Waals surface area contributed by atoms with Crippen LogP contribution in [0.25, 0.3) is 0 Å². The minimum Gasteiger partial charge on any atom is -0.388 e. The van der Waals surface area contributed by atoms with Gasteiger partial charge in [0.15, 0.2) is 0 Å². The second-order valence-corrected chi connectivity index (χ2v) is 4.65. The summed E-state index contributed by atoms with van der Waals surface area (Å²) in [6.45, 7) is 2.07. The lowest BCUT2D eigenvalue weighted by Crippen LogP contribution is -2.20. The molecule has 18 heavy (non-hydrogen) atoms. The van der Waals surface area contributed by atoms with Gasteiger partial charge in [-0.3, -0.25) is 0 Å². The first kappa shape index (κ1) is 12.7. The summed E-state index contributed by atoms with van der Waals surface area (Å²) in [5, 5.41) is 3.13. The Balaban J connectivity index is 1.80. The lowest BCUT2D eigenvalue weighted by molar-refractivity contribution is 0.331. The largest absolute Gasteiger partial charge is 0.388 e. The maximum absolute atomic E-state index is 3.13. The summed E-state index contributed by atoms with van der Waals surface area (Å²) in [6, 6.07) is 10.7. The van der Waals surface area contributed by atoms with E-state index in [-0.39, 0.29) is 0 Å². The monoisotopic (exact) mass is 243 g/mol. The minimum atomic E-state index is 0.994. The van der Waals surface area contributed by atoms with Crippen LogP contribution in [0.2, 0.25) is 0 Å². The molecule has 0 saturated heterocycles. The zero-order valence-electron chi connectivity index (χ0n) is 11.1. The molecule has 1 aromatic carbocycles. The fourth-order valence-corrected chi connectivity index (χ4v) is 2.00. The molecule has 2 N–H and O–H groups in total. The first-order chi connectivity index (χ1) is 8.78. The van der Waals surface area contributed by atoms with E-state index in [1.807, 2.05) is 13.2 Å². The van der Waals surface area contributed by atoms with Gasteiger partial charge in [0, 0.05) is 38.2 Å². The standard InChI is InChI=1S/C15H21N3/c1-16-15-5-3-14(4-6-15)12-18(2)10-8-13-7-9-17-11-13/h3-7,9,11,16-17H,8,10,12H2,1-2H3. The van der Waals surface area contributed by atoms with Crippen LogP contribution >= 0.6 is 0 Å². The molecule has 0 saturated carbocycles. The maximum Gasteiger partial charge on any atom is 0.0337 e. The quantitative estimate of drug-likeness (QED) is 0.817. The van der Waals surface area contributed by atoms with Crippen LogP contribution in [0.15, 0.2) is 42.7 Å². The van der Waals surface area contributed by atoms with E-state index < -0.39 is 0 Å². The number of H-pyrrole nitrogens is 1. The summed E-state index contributed by atoms with van der Waals surface area (Å²) in [5.41, 5.74) is 3.88. The van der Waals surface area contributed by atoms with Crippen molar-refractivity contribution in [2.75, 3.05) is 26.0 Å². The van der Waals surface area contributed by atoms with Crippen molar-refractivity contribution in [2.24, 2.45) is 0 Å². The van der Waals surface area contributed by atoms with Gasteiger partial charge in [-0.15, -0.1) is 0 Å². The Morgan fingerprint density at radius 3 is 2.50 bits per heavy atom. The molecule has 0 aliphatic rings. The van der Waals surface area contributed by atoms with Gasteiger partial charge in [0.05, 0.1) is 0 Å². The minimum absolute atomic E-state index is 0.994. The van der Waals surface area contributed by atoms with Crippen molar-refractivity contribution in [1.29, 1.82) is 0 Å². The maximum atomic E-state index is 3.13. The molecule has 1 heterocycles. The lowest BCUT2D eigenvalue weighted by atomic mass is 10.2. The number of aromatic amines is 1. The predicted molar refractivity (Wildman–Crippen MR) is 76.8 cm³/mol. The van der Waals surface area contributed by atoms with E-state index in [1.165, 1.54) is 11.1 Å². The Bertz CT molecular complexity index is 445. The molecular formula is C15H21N3. The second kappa shape index (κ2) is 6.26. The van der Waals surface area contributed by atoms with Crippen molar-refractivity contribution in [3.63, 3.8) is 0 Å². The van der Waals surface area contributed by atoms with Crippen molar-refractivity contribution in [3.8, 4) is 0 Å². The fourth-order valence-electron chi connectivity index (χ4n) is 2.00. The van der Waals surface area contributed by atoms with Crippen LogP contribution in [-0.4, -0.2) is 30.5 Å². The first-order valence-electron chi connectivity index (χ1n) is 6.35. The number of rotatable bonds is 6. The number of hydrogen-bond acceptors (Lipinski definition) is 2. The zero-order valence-corrected chi connectivity index (χ0v) is 11.1. The van der Waals surface area contributed by atoms with Gasteiger partial charge in [-0.05, 0) is 42.8 Å². The van der Waals surface area contributed by atoms with Crippen molar-refractivity contribution >= 4 is 5.69 Å². The average Bonchev–Trinajstić information content (AvgIpc) is 2.90. The highest BCUT2D eigenvalue weighted by atomic mass is 15.1. The molecule has 0 fully saturated rings. The van der Waals surface area contributed by atoms with Gasteiger partial charge in [-0.1, -0.05) is 12.1 Å². The SMILES string of the molecule is CNc1ccc(CN(C)CCc2cc[nH]c2)cc1. The molecule has 0 unspecified atom stereocenters. The summed E-state index contributed by atoms with van der Waals surface area (Å²) in [6.07, 6.45) is 5.13. The molecule has 0 atom stereocenters. The summed E-state index contributed by atoms with van der Waals surface area (Å²) < 4.78 is 0. The number of nitrogens with one attached hydrogen (secondary N) is 2. The predicted octanol–water partition coefficient (Wildman–Crippen LogP) is 2.73. The molecule has 0 amide bonds. The third-order valence-electron chi connectivity index (χ3n) is 3.14. The van der Waals surface area contributed by atoms with Crippen LogP contribution in [0.3, 0.4) is 0 Å². The molecule has 1 aromatic heterocycles. The number of anilines is 1. The number of aromatic nitrogens is 1. The van der Waals surface area contributed by atoms with Gasteiger partial charge in [-0.25, -0.2) is 0 Å². The van der Waals surface area contributed by atoms with E-state index in [0.29, 0.717) is 0 Å². The highest BCUT2D eigenvalue weighted by Gasteiger charge is 2.01. The summed E-state index contributed by atoms with van der Waals surface area (Å²) >= 11 is 0. The van der Waals surface area contributed by atoms with Crippen molar-refractivity contribution < 1.29 is 0 Å². The van der Waals surface area contributed by atoms with Crippen LogP contribution in [0, 0.1) is 0 Å². The molecule has 2 aromatic rings. The Morgan fingerprint density at radius 1 is 1.11 bits per heavy atom. The molecule has 3 heteroatoms. The summed E-state index contributed by atoms with van der Waals surface area (Å²) in [7, 11) is 4.11. The topological polar surface area (TPSA) is 31.1 Å². The Morgan fingerprint density at radius 2 is 1.89 bits per heavy atom. The zero-order chi connectivity index (χ0) is 12.8. The van der Waals surface area contributed by atoms with E-state index in [1.54, 1.807) is 0 Å². The third-order valence-corrected chi connectivity index (χ3v) is 3.14. The van der Waals surface area contributed by atoms with Crippen molar-refractivity contribution in [3.05, 3.63) is 53.9 Å². The highest BCUT2D eigenvalue weighted by molar-refractivity contribution is 5.43. The molecule has 3 nitrogen and oxygen atoms in total. The van der Waals surface area contributed by atoms with Gasteiger partial charge in [0.25, 0.3) is 0 Å². The molecule has 0 radical (unpaired) electrons. The Labute approximate surface area is 109 Å². The molecular weight excluding hydrogens is 222 g/mol. The van der Waals surface area contributed by atoms with Gasteiger partial charge in [-0.2, -0.15) is 0 Å². The molecule has 96 valence electrons. The molecule has 0 aliphatic carbocycles. The van der Waals surface area contributed by atoms with Crippen LogP contribution in [0.5, 0.6) is 0 Å². The fraction of sp³-hybridized carbons (Fsp3) is 0.333. The molecule has 2 rings (SSSR count). The molecule has 0 spiro atoms. The molecule has 0 bridgehead atoms. The van der Waals surface area contributed by atoms with E-state index in [9.17, 15) is 0 Å². The van der Waals surface area contributed by atoms with Crippen molar-refractivity contribution in [2.45, 2.75) is 13.0 Å². The van der Waals surface area contributed by atoms with Gasteiger partial charge in [0.1, 0.15) is 0 Å². The summed E-state index contributed by atoms with van der Waals surface area (Å²) in [5.74, 6) is 0. The highest BCUT2D eigenvalue weighted by Crippen LogP contribution is 2.10. The molecule has 0 aliphatic heterocycles. The van der Waals surface area contributed by atoms with Crippen LogP contribution in [-0.2, 0) is 13.0 Å². The van der Waals surface area contributed by atoms with Gasteiger partial charge < -0.3 is 15.2 Å². The van der Waals surface area contributed by atoms with Crippen LogP contribution < -0.4 is 5.32 Å². The van der Waals surface area contributed by atoms with Crippen LogP contribution in [0.4, 0.5) is 5.69 Å². The smallest absolute Gasteiger partial charge is 0.0337 e. The van der Waals surface area contributed by atoms with E-state index in [4.69, 9.17) is 0 Å². The van der Waals surface area contributed by atoms with Crippen LogP contribution in [0.1, 0.15) is 11.1 Å². The van der Waals surface area contributed by atoms with E-state index >= 15 is 0 Å².